The monoisotopic (exact) mass is 320 g/mol. The summed E-state index contributed by atoms with van der Waals surface area (Å²) < 4.78 is 1.90. The quantitative estimate of drug-likeness (QED) is 0.818. The van der Waals surface area contributed by atoms with Crippen LogP contribution >= 0.6 is 31.9 Å². The van der Waals surface area contributed by atoms with Crippen LogP contribution in [0.15, 0.2) is 27.1 Å². The molecule has 78 valence electrons. The van der Waals surface area contributed by atoms with Crippen molar-refractivity contribution in [2.75, 3.05) is 0 Å². The number of benzene rings is 1. The Morgan fingerprint density at radius 1 is 1.21 bits per heavy atom. The van der Waals surface area contributed by atoms with E-state index < -0.39 is 6.10 Å². The zero-order valence-electron chi connectivity index (χ0n) is 8.51. The molecule has 1 N–H and O–H groups in total. The third-order valence-electron chi connectivity index (χ3n) is 2.10. The van der Waals surface area contributed by atoms with E-state index in [-0.39, 0.29) is 5.41 Å². The van der Waals surface area contributed by atoms with Gasteiger partial charge in [-0.15, -0.1) is 0 Å². The maximum Gasteiger partial charge on any atom is 0.0849 e. The van der Waals surface area contributed by atoms with Crippen molar-refractivity contribution in [1.82, 2.24) is 0 Å². The molecule has 1 nitrogen and oxygen atoms in total. The maximum absolute atomic E-state index is 10.1. The van der Waals surface area contributed by atoms with Crippen LogP contribution in [0.2, 0.25) is 0 Å². The fourth-order valence-corrected chi connectivity index (χ4v) is 2.06. The molecule has 1 aromatic rings. The van der Waals surface area contributed by atoms with Crippen molar-refractivity contribution in [2.24, 2.45) is 5.41 Å². The summed E-state index contributed by atoms with van der Waals surface area (Å²) in [5, 5.41) is 10.1. The molecule has 0 amide bonds. The second-order valence-electron chi connectivity index (χ2n) is 4.41. The summed E-state index contributed by atoms with van der Waals surface area (Å²) in [6.45, 7) is 6.06. The van der Waals surface area contributed by atoms with Crippen LogP contribution in [0.1, 0.15) is 32.4 Å². The number of hydrogen-bond donors (Lipinski definition) is 1. The summed E-state index contributed by atoms with van der Waals surface area (Å²) in [6.07, 6.45) is -0.464. The molecule has 0 saturated heterocycles. The zero-order valence-corrected chi connectivity index (χ0v) is 11.7. The standard InChI is InChI=1S/C11H14Br2O/c1-11(2,3)10(14)7-5-4-6-8(12)9(7)13/h4-6,10,14H,1-3H3. The lowest BCUT2D eigenvalue weighted by Crippen LogP contribution is -2.18. The Kier molecular flexibility index (Phi) is 3.78. The lowest BCUT2D eigenvalue weighted by molar-refractivity contribution is 0.0620. The first-order valence-corrected chi connectivity index (χ1v) is 6.04. The van der Waals surface area contributed by atoms with Crippen LogP contribution < -0.4 is 0 Å². The normalized spacial score (nSPS) is 14.1. The van der Waals surface area contributed by atoms with Crippen molar-refractivity contribution < 1.29 is 5.11 Å². The van der Waals surface area contributed by atoms with E-state index in [0.717, 1.165) is 14.5 Å². The summed E-state index contributed by atoms with van der Waals surface area (Å²) in [7, 11) is 0. The first kappa shape index (κ1) is 12.2. The molecule has 0 aromatic heterocycles. The molecule has 1 atom stereocenters. The molecule has 14 heavy (non-hydrogen) atoms. The van der Waals surface area contributed by atoms with Crippen LogP contribution in [0.4, 0.5) is 0 Å². The number of aliphatic hydroxyl groups is 1. The minimum atomic E-state index is -0.464. The second kappa shape index (κ2) is 4.33. The number of halogens is 2. The highest BCUT2D eigenvalue weighted by Crippen LogP contribution is 2.38. The molecule has 0 spiro atoms. The van der Waals surface area contributed by atoms with Crippen LogP contribution in [0.5, 0.6) is 0 Å². The van der Waals surface area contributed by atoms with Crippen LogP contribution in [-0.2, 0) is 0 Å². The third-order valence-corrected chi connectivity index (χ3v) is 4.17. The fourth-order valence-electron chi connectivity index (χ4n) is 1.20. The highest BCUT2D eigenvalue weighted by atomic mass is 79.9. The summed E-state index contributed by atoms with van der Waals surface area (Å²) in [5.41, 5.74) is 0.774. The van der Waals surface area contributed by atoms with Crippen LogP contribution in [0.3, 0.4) is 0 Å². The van der Waals surface area contributed by atoms with Crippen molar-refractivity contribution in [3.05, 3.63) is 32.7 Å². The van der Waals surface area contributed by atoms with Crippen LogP contribution in [-0.4, -0.2) is 5.11 Å². The van der Waals surface area contributed by atoms with E-state index in [1.807, 2.05) is 39.0 Å². The zero-order chi connectivity index (χ0) is 10.9. The molecule has 0 saturated carbocycles. The molecule has 0 heterocycles. The number of rotatable bonds is 1. The van der Waals surface area contributed by atoms with Gasteiger partial charge in [0.15, 0.2) is 0 Å². The highest BCUT2D eigenvalue weighted by molar-refractivity contribution is 9.13. The molecule has 0 radical (unpaired) electrons. The van der Waals surface area contributed by atoms with Gasteiger partial charge in [-0.3, -0.25) is 0 Å². The van der Waals surface area contributed by atoms with Crippen molar-refractivity contribution in [3.8, 4) is 0 Å². The Morgan fingerprint density at radius 3 is 2.29 bits per heavy atom. The molecule has 1 unspecified atom stereocenters. The van der Waals surface area contributed by atoms with Gasteiger partial charge in [-0.1, -0.05) is 32.9 Å². The third kappa shape index (κ3) is 2.59. The van der Waals surface area contributed by atoms with Gasteiger partial charge in [-0.05, 0) is 48.9 Å². The van der Waals surface area contributed by atoms with Gasteiger partial charge >= 0.3 is 0 Å². The second-order valence-corrected chi connectivity index (χ2v) is 6.06. The van der Waals surface area contributed by atoms with Gasteiger partial charge < -0.3 is 5.11 Å². The summed E-state index contributed by atoms with van der Waals surface area (Å²) in [4.78, 5) is 0. The van der Waals surface area contributed by atoms with E-state index in [1.165, 1.54) is 0 Å². The Balaban J connectivity index is 3.14. The average Bonchev–Trinajstić information content (AvgIpc) is 2.07. The van der Waals surface area contributed by atoms with Crippen molar-refractivity contribution in [2.45, 2.75) is 26.9 Å². The molecular formula is C11H14Br2O. The average molecular weight is 322 g/mol. The summed E-state index contributed by atoms with van der Waals surface area (Å²) in [5.74, 6) is 0. The lowest BCUT2D eigenvalue weighted by atomic mass is 9.85. The van der Waals surface area contributed by atoms with E-state index in [2.05, 4.69) is 31.9 Å². The van der Waals surface area contributed by atoms with E-state index in [9.17, 15) is 5.11 Å². The maximum atomic E-state index is 10.1. The Bertz CT molecular complexity index is 329. The molecule has 1 rings (SSSR count). The molecule has 0 aliphatic rings. The van der Waals surface area contributed by atoms with Gasteiger partial charge in [0.1, 0.15) is 0 Å². The van der Waals surface area contributed by atoms with Crippen molar-refractivity contribution in [1.29, 1.82) is 0 Å². The van der Waals surface area contributed by atoms with E-state index in [4.69, 9.17) is 0 Å². The van der Waals surface area contributed by atoms with Crippen molar-refractivity contribution >= 4 is 31.9 Å². The van der Waals surface area contributed by atoms with E-state index >= 15 is 0 Å². The lowest BCUT2D eigenvalue weighted by Gasteiger charge is -2.27. The Morgan fingerprint density at radius 2 is 1.79 bits per heavy atom. The van der Waals surface area contributed by atoms with Gasteiger partial charge in [0.25, 0.3) is 0 Å². The molecule has 0 aliphatic carbocycles. The molecule has 0 bridgehead atoms. The van der Waals surface area contributed by atoms with Crippen LogP contribution in [0.25, 0.3) is 0 Å². The van der Waals surface area contributed by atoms with Gasteiger partial charge in [0.2, 0.25) is 0 Å². The van der Waals surface area contributed by atoms with Crippen molar-refractivity contribution in [3.63, 3.8) is 0 Å². The smallest absolute Gasteiger partial charge is 0.0849 e. The summed E-state index contributed by atoms with van der Waals surface area (Å²) >= 11 is 6.89. The summed E-state index contributed by atoms with van der Waals surface area (Å²) in [6, 6.07) is 5.81. The molecule has 3 heteroatoms. The van der Waals surface area contributed by atoms with Gasteiger partial charge in [0, 0.05) is 8.95 Å². The Labute approximate surface area is 102 Å². The number of hydrogen-bond acceptors (Lipinski definition) is 1. The molecule has 0 fully saturated rings. The first-order chi connectivity index (χ1) is 6.34. The minimum Gasteiger partial charge on any atom is -0.388 e. The minimum absolute atomic E-state index is 0.149. The van der Waals surface area contributed by atoms with Gasteiger partial charge in [-0.25, -0.2) is 0 Å². The molecule has 1 aromatic carbocycles. The topological polar surface area (TPSA) is 20.2 Å². The van der Waals surface area contributed by atoms with E-state index in [0.29, 0.717) is 0 Å². The SMILES string of the molecule is CC(C)(C)C(O)c1cccc(Br)c1Br. The first-order valence-electron chi connectivity index (χ1n) is 4.46. The molecular weight excluding hydrogens is 308 g/mol. The fraction of sp³-hybridized carbons (Fsp3) is 0.455. The number of aliphatic hydroxyl groups excluding tert-OH is 1. The predicted molar refractivity (Wildman–Crippen MR) is 66.3 cm³/mol. The Hall–Kier alpha value is 0.140. The van der Waals surface area contributed by atoms with Gasteiger partial charge in [-0.2, -0.15) is 0 Å². The molecule has 0 aliphatic heterocycles. The predicted octanol–water partition coefficient (Wildman–Crippen LogP) is 4.29. The van der Waals surface area contributed by atoms with E-state index in [1.54, 1.807) is 0 Å². The van der Waals surface area contributed by atoms with Crippen LogP contribution in [0, 0.1) is 5.41 Å². The highest BCUT2D eigenvalue weighted by Gasteiger charge is 2.25. The van der Waals surface area contributed by atoms with Gasteiger partial charge in [0.05, 0.1) is 6.10 Å². The largest absolute Gasteiger partial charge is 0.388 e.